The zero-order valence-electron chi connectivity index (χ0n) is 12.3. The fraction of sp³-hybridized carbons (Fsp3) is 1.00. The summed E-state index contributed by atoms with van der Waals surface area (Å²) in [5.41, 5.74) is 5.90. The van der Waals surface area contributed by atoms with Crippen LogP contribution >= 0.6 is 0 Å². The van der Waals surface area contributed by atoms with Crippen molar-refractivity contribution in [3.8, 4) is 0 Å². The summed E-state index contributed by atoms with van der Waals surface area (Å²) in [4.78, 5) is 0. The van der Waals surface area contributed by atoms with Crippen molar-refractivity contribution in [1.82, 2.24) is 5.32 Å². The summed E-state index contributed by atoms with van der Waals surface area (Å²) >= 11 is 0. The van der Waals surface area contributed by atoms with Gasteiger partial charge in [0, 0.05) is 6.54 Å². The first-order valence-electron chi connectivity index (χ1n) is 7.82. The number of ether oxygens (including phenoxy) is 1. The van der Waals surface area contributed by atoms with Crippen LogP contribution in [0.1, 0.15) is 65.2 Å². The fourth-order valence-electron chi connectivity index (χ4n) is 2.54. The van der Waals surface area contributed by atoms with Crippen molar-refractivity contribution < 1.29 is 4.74 Å². The molecule has 2 atom stereocenters. The molecule has 0 amide bonds. The van der Waals surface area contributed by atoms with Crippen molar-refractivity contribution in [1.29, 1.82) is 0 Å². The number of rotatable bonds is 11. The van der Waals surface area contributed by atoms with Gasteiger partial charge in [0.2, 0.25) is 0 Å². The van der Waals surface area contributed by atoms with E-state index in [0.717, 1.165) is 13.2 Å². The van der Waals surface area contributed by atoms with Crippen molar-refractivity contribution in [2.75, 3.05) is 19.7 Å². The Bertz CT molecular complexity index is 207. The van der Waals surface area contributed by atoms with Gasteiger partial charge in [-0.3, -0.25) is 0 Å². The second kappa shape index (κ2) is 8.89. The van der Waals surface area contributed by atoms with Gasteiger partial charge >= 0.3 is 0 Å². The Morgan fingerprint density at radius 2 is 1.72 bits per heavy atom. The molecule has 0 spiro atoms. The zero-order chi connectivity index (χ0) is 13.3. The standard InChI is InChI=1S/C15H32N2O/c1-3-4-5-6-7-8-9-10-11-17-15(12-16)13-18-14(15)2/h14,17H,3-13,16H2,1-2H3. The summed E-state index contributed by atoms with van der Waals surface area (Å²) in [5.74, 6) is 0. The molecule has 0 aromatic carbocycles. The normalized spacial score (nSPS) is 27.2. The molecule has 18 heavy (non-hydrogen) atoms. The van der Waals surface area contributed by atoms with E-state index >= 15 is 0 Å². The van der Waals surface area contributed by atoms with E-state index in [1.165, 1.54) is 51.4 Å². The molecule has 0 aliphatic carbocycles. The minimum atomic E-state index is 0.0706. The highest BCUT2D eigenvalue weighted by Crippen LogP contribution is 2.24. The zero-order valence-corrected chi connectivity index (χ0v) is 12.3. The lowest BCUT2D eigenvalue weighted by Crippen LogP contribution is -2.69. The fourth-order valence-corrected chi connectivity index (χ4v) is 2.54. The third-order valence-electron chi connectivity index (χ3n) is 4.24. The van der Waals surface area contributed by atoms with Gasteiger partial charge in [-0.2, -0.15) is 0 Å². The first-order chi connectivity index (χ1) is 8.75. The van der Waals surface area contributed by atoms with Crippen LogP contribution in [0.3, 0.4) is 0 Å². The summed E-state index contributed by atoms with van der Waals surface area (Å²) in [7, 11) is 0. The Hall–Kier alpha value is -0.120. The Balaban J connectivity index is 1.89. The number of nitrogens with one attached hydrogen (secondary N) is 1. The Kier molecular flexibility index (Phi) is 7.87. The molecule has 0 aromatic rings. The Morgan fingerprint density at radius 3 is 2.17 bits per heavy atom. The molecule has 3 N–H and O–H groups in total. The molecule has 1 saturated heterocycles. The van der Waals surface area contributed by atoms with E-state index < -0.39 is 0 Å². The average molecular weight is 256 g/mol. The van der Waals surface area contributed by atoms with Crippen LogP contribution in [0.15, 0.2) is 0 Å². The highest BCUT2D eigenvalue weighted by Gasteiger charge is 2.43. The summed E-state index contributed by atoms with van der Waals surface area (Å²) in [6.07, 6.45) is 11.2. The number of hydrogen-bond donors (Lipinski definition) is 2. The van der Waals surface area contributed by atoms with E-state index in [-0.39, 0.29) is 11.6 Å². The molecule has 1 aliphatic rings. The number of hydrogen-bond acceptors (Lipinski definition) is 3. The number of nitrogens with two attached hydrogens (primary N) is 1. The van der Waals surface area contributed by atoms with Gasteiger partial charge in [-0.15, -0.1) is 0 Å². The maximum atomic E-state index is 5.83. The van der Waals surface area contributed by atoms with Crippen LogP contribution in [0.2, 0.25) is 0 Å². The van der Waals surface area contributed by atoms with Crippen molar-refractivity contribution in [3.63, 3.8) is 0 Å². The van der Waals surface area contributed by atoms with E-state index in [2.05, 4.69) is 19.2 Å². The van der Waals surface area contributed by atoms with Crippen molar-refractivity contribution in [3.05, 3.63) is 0 Å². The molecule has 0 radical (unpaired) electrons. The molecule has 3 heteroatoms. The molecular weight excluding hydrogens is 224 g/mol. The predicted molar refractivity (Wildman–Crippen MR) is 77.8 cm³/mol. The van der Waals surface area contributed by atoms with Gasteiger partial charge < -0.3 is 15.8 Å². The molecule has 1 aliphatic heterocycles. The first kappa shape index (κ1) is 15.9. The molecule has 3 nitrogen and oxygen atoms in total. The molecule has 108 valence electrons. The van der Waals surface area contributed by atoms with Crippen LogP contribution in [-0.2, 0) is 4.74 Å². The van der Waals surface area contributed by atoms with E-state index in [4.69, 9.17) is 10.5 Å². The van der Waals surface area contributed by atoms with Gasteiger partial charge in [-0.25, -0.2) is 0 Å². The molecule has 0 aromatic heterocycles. The Labute approximate surface area is 113 Å². The minimum Gasteiger partial charge on any atom is -0.374 e. The number of unbranched alkanes of at least 4 members (excludes halogenated alkanes) is 7. The minimum absolute atomic E-state index is 0.0706. The molecule has 0 saturated carbocycles. The van der Waals surface area contributed by atoms with Crippen LogP contribution in [0.4, 0.5) is 0 Å². The monoisotopic (exact) mass is 256 g/mol. The lowest BCUT2D eigenvalue weighted by Gasteiger charge is -2.47. The van der Waals surface area contributed by atoms with Gasteiger partial charge in [0.25, 0.3) is 0 Å². The van der Waals surface area contributed by atoms with Gasteiger partial charge in [0.15, 0.2) is 0 Å². The summed E-state index contributed by atoms with van der Waals surface area (Å²) in [6.45, 7) is 6.92. The highest BCUT2D eigenvalue weighted by atomic mass is 16.5. The van der Waals surface area contributed by atoms with Crippen molar-refractivity contribution in [2.45, 2.75) is 76.9 Å². The highest BCUT2D eigenvalue weighted by molar-refractivity contribution is 5.01. The second-order valence-corrected chi connectivity index (χ2v) is 5.72. The van der Waals surface area contributed by atoms with Gasteiger partial charge in [0.1, 0.15) is 0 Å². The second-order valence-electron chi connectivity index (χ2n) is 5.72. The van der Waals surface area contributed by atoms with Gasteiger partial charge in [0.05, 0.1) is 18.2 Å². The third-order valence-corrected chi connectivity index (χ3v) is 4.24. The predicted octanol–water partition coefficient (Wildman–Crippen LogP) is 2.83. The van der Waals surface area contributed by atoms with Crippen LogP contribution in [0.25, 0.3) is 0 Å². The van der Waals surface area contributed by atoms with E-state index in [0.29, 0.717) is 6.54 Å². The summed E-state index contributed by atoms with van der Waals surface area (Å²) < 4.78 is 5.43. The smallest absolute Gasteiger partial charge is 0.0803 e. The average Bonchev–Trinajstić information content (AvgIpc) is 2.39. The maximum absolute atomic E-state index is 5.83. The van der Waals surface area contributed by atoms with E-state index in [9.17, 15) is 0 Å². The SMILES string of the molecule is CCCCCCCCCCNC1(CN)COC1C. The first-order valence-corrected chi connectivity index (χ1v) is 7.82. The quantitative estimate of drug-likeness (QED) is 0.559. The van der Waals surface area contributed by atoms with Crippen molar-refractivity contribution >= 4 is 0 Å². The summed E-state index contributed by atoms with van der Waals surface area (Å²) in [6, 6.07) is 0. The van der Waals surface area contributed by atoms with Gasteiger partial charge in [-0.1, -0.05) is 51.9 Å². The van der Waals surface area contributed by atoms with E-state index in [1.54, 1.807) is 0 Å². The molecular formula is C15H32N2O. The summed E-state index contributed by atoms with van der Waals surface area (Å²) in [5, 5.41) is 3.59. The molecule has 0 bridgehead atoms. The van der Waals surface area contributed by atoms with Crippen molar-refractivity contribution in [2.24, 2.45) is 5.73 Å². The largest absolute Gasteiger partial charge is 0.374 e. The third kappa shape index (κ3) is 4.87. The lowest BCUT2D eigenvalue weighted by atomic mass is 9.89. The van der Waals surface area contributed by atoms with Crippen LogP contribution in [-0.4, -0.2) is 31.3 Å². The van der Waals surface area contributed by atoms with Crippen LogP contribution in [0.5, 0.6) is 0 Å². The van der Waals surface area contributed by atoms with Crippen LogP contribution < -0.4 is 11.1 Å². The molecule has 1 rings (SSSR count). The van der Waals surface area contributed by atoms with Gasteiger partial charge in [-0.05, 0) is 19.9 Å². The van der Waals surface area contributed by atoms with E-state index in [1.807, 2.05) is 0 Å². The Morgan fingerprint density at radius 1 is 1.11 bits per heavy atom. The topological polar surface area (TPSA) is 47.3 Å². The molecule has 1 heterocycles. The molecule has 1 fully saturated rings. The van der Waals surface area contributed by atoms with Crippen LogP contribution in [0, 0.1) is 0 Å². The lowest BCUT2D eigenvalue weighted by molar-refractivity contribution is -0.134. The molecule has 2 unspecified atom stereocenters. The maximum Gasteiger partial charge on any atom is 0.0803 e.